The van der Waals surface area contributed by atoms with Gasteiger partial charge < -0.3 is 10.4 Å². The highest BCUT2D eigenvalue weighted by atomic mass is 16.4. The number of hydrogen-bond acceptors (Lipinski definition) is 4. The Morgan fingerprint density at radius 2 is 2.00 bits per heavy atom. The monoisotopic (exact) mass is 297 g/mol. The van der Waals surface area contributed by atoms with E-state index >= 15 is 0 Å². The summed E-state index contributed by atoms with van der Waals surface area (Å²) in [5.41, 5.74) is 0.364. The van der Waals surface area contributed by atoms with Gasteiger partial charge in [-0.1, -0.05) is 13.3 Å². The summed E-state index contributed by atoms with van der Waals surface area (Å²) in [4.78, 5) is 34.0. The Hall–Kier alpha value is -1.92. The summed E-state index contributed by atoms with van der Waals surface area (Å²) in [5.74, 6) is -1.51. The van der Waals surface area contributed by atoms with Gasteiger partial charge in [-0.2, -0.15) is 5.10 Å². The zero-order chi connectivity index (χ0) is 16.0. The van der Waals surface area contributed by atoms with Crippen LogP contribution in [0, 0.1) is 5.92 Å². The van der Waals surface area contributed by atoms with Gasteiger partial charge in [0.05, 0.1) is 5.92 Å². The van der Waals surface area contributed by atoms with E-state index in [9.17, 15) is 14.4 Å². The fourth-order valence-electron chi connectivity index (χ4n) is 2.07. The van der Waals surface area contributed by atoms with Crippen LogP contribution in [0.25, 0.3) is 0 Å². The van der Waals surface area contributed by atoms with E-state index in [1.54, 1.807) is 6.92 Å². The van der Waals surface area contributed by atoms with Crippen LogP contribution < -0.4 is 5.32 Å². The van der Waals surface area contributed by atoms with Crippen molar-refractivity contribution >= 4 is 23.5 Å². The Balaban J connectivity index is 2.36. The number of rotatable bonds is 7. The Bertz CT molecular complexity index is 448. The molecule has 2 N–H and O–H groups in total. The molecule has 0 fully saturated rings. The lowest BCUT2D eigenvalue weighted by molar-refractivity contribution is -0.141. The Morgan fingerprint density at radius 3 is 2.57 bits per heavy atom. The summed E-state index contributed by atoms with van der Waals surface area (Å²) in [5, 5.41) is 16.8. The first-order chi connectivity index (χ1) is 9.81. The second-order valence-electron chi connectivity index (χ2n) is 5.51. The molecule has 118 valence electrons. The van der Waals surface area contributed by atoms with Gasteiger partial charge in [-0.3, -0.25) is 14.4 Å². The second kappa shape index (κ2) is 7.75. The minimum Gasteiger partial charge on any atom is -0.481 e. The van der Waals surface area contributed by atoms with Gasteiger partial charge >= 0.3 is 5.97 Å². The van der Waals surface area contributed by atoms with Gasteiger partial charge in [0.15, 0.2) is 0 Å². The number of hydrogen-bond donors (Lipinski definition) is 2. The molecule has 1 aliphatic heterocycles. The van der Waals surface area contributed by atoms with Crippen LogP contribution in [0.5, 0.6) is 0 Å². The van der Waals surface area contributed by atoms with E-state index in [2.05, 4.69) is 10.4 Å². The molecule has 2 amide bonds. The van der Waals surface area contributed by atoms with Crippen LogP contribution >= 0.6 is 0 Å². The molecule has 0 spiro atoms. The summed E-state index contributed by atoms with van der Waals surface area (Å²) < 4.78 is 0. The van der Waals surface area contributed by atoms with Crippen LogP contribution in [-0.2, 0) is 14.4 Å². The van der Waals surface area contributed by atoms with E-state index in [4.69, 9.17) is 5.11 Å². The van der Waals surface area contributed by atoms with Gasteiger partial charge in [-0.15, -0.1) is 0 Å². The molecule has 21 heavy (non-hydrogen) atoms. The molecule has 0 aromatic heterocycles. The first-order valence-electron chi connectivity index (χ1n) is 7.19. The topological polar surface area (TPSA) is 99.1 Å². The van der Waals surface area contributed by atoms with Gasteiger partial charge in [-0.25, -0.2) is 5.01 Å². The number of carboxylic acids is 1. The number of nitrogens with one attached hydrogen (secondary N) is 1. The minimum atomic E-state index is -0.795. The molecule has 7 heteroatoms. The standard InChI is InChI=1S/C14H23N3O4/c1-9(14(20)21)5-4-6-10(2)15-13(19)11-7-8-12(18)17(3)16-11/h9-10H,4-8H2,1-3H3,(H,15,19)(H,20,21). The predicted molar refractivity (Wildman–Crippen MR) is 77.7 cm³/mol. The molecular formula is C14H23N3O4. The van der Waals surface area contributed by atoms with Gasteiger partial charge in [-0.05, 0) is 19.8 Å². The Morgan fingerprint density at radius 1 is 1.33 bits per heavy atom. The lowest BCUT2D eigenvalue weighted by atomic mass is 10.0. The van der Waals surface area contributed by atoms with Crippen molar-refractivity contribution in [3.8, 4) is 0 Å². The molecule has 0 bridgehead atoms. The van der Waals surface area contributed by atoms with E-state index < -0.39 is 5.97 Å². The molecule has 0 radical (unpaired) electrons. The minimum absolute atomic E-state index is 0.0517. The van der Waals surface area contributed by atoms with E-state index in [1.165, 1.54) is 12.1 Å². The molecule has 0 aromatic rings. The van der Waals surface area contributed by atoms with Crippen molar-refractivity contribution in [2.75, 3.05) is 7.05 Å². The molecule has 7 nitrogen and oxygen atoms in total. The molecule has 1 aliphatic rings. The van der Waals surface area contributed by atoms with Crippen molar-refractivity contribution in [1.82, 2.24) is 10.3 Å². The highest BCUT2D eigenvalue weighted by molar-refractivity contribution is 6.39. The highest BCUT2D eigenvalue weighted by Crippen LogP contribution is 2.11. The van der Waals surface area contributed by atoms with Crippen molar-refractivity contribution in [2.24, 2.45) is 11.0 Å². The van der Waals surface area contributed by atoms with Crippen molar-refractivity contribution in [3.63, 3.8) is 0 Å². The fourth-order valence-corrected chi connectivity index (χ4v) is 2.07. The lowest BCUT2D eigenvalue weighted by Gasteiger charge is -2.20. The smallest absolute Gasteiger partial charge is 0.306 e. The molecule has 0 saturated carbocycles. The number of aliphatic carboxylic acids is 1. The molecule has 0 aromatic carbocycles. The third-order valence-electron chi connectivity index (χ3n) is 3.54. The molecule has 0 saturated heterocycles. The van der Waals surface area contributed by atoms with Gasteiger partial charge in [0.1, 0.15) is 5.71 Å². The normalized spacial score (nSPS) is 18.0. The molecule has 1 rings (SSSR count). The zero-order valence-corrected chi connectivity index (χ0v) is 12.8. The van der Waals surface area contributed by atoms with Crippen LogP contribution in [0.1, 0.15) is 46.0 Å². The SMILES string of the molecule is CC(CCCC(C)C(=O)O)NC(=O)C1=NN(C)C(=O)CC1. The maximum Gasteiger partial charge on any atom is 0.306 e. The Labute approximate surface area is 124 Å². The van der Waals surface area contributed by atoms with Gasteiger partial charge in [0.25, 0.3) is 5.91 Å². The first kappa shape index (κ1) is 17.1. The number of carboxylic acid groups (broad SMARTS) is 1. The van der Waals surface area contributed by atoms with Crippen LogP contribution in [0.4, 0.5) is 0 Å². The summed E-state index contributed by atoms with van der Waals surface area (Å²) in [6.45, 7) is 3.55. The molecule has 2 unspecified atom stereocenters. The largest absolute Gasteiger partial charge is 0.481 e. The maximum absolute atomic E-state index is 12.0. The maximum atomic E-state index is 12.0. The zero-order valence-electron chi connectivity index (χ0n) is 12.8. The number of carbonyl (C=O) groups is 3. The summed E-state index contributed by atoms with van der Waals surface area (Å²) >= 11 is 0. The van der Waals surface area contributed by atoms with Crippen molar-refractivity contribution in [1.29, 1.82) is 0 Å². The number of nitrogens with zero attached hydrogens (tertiary/aromatic N) is 2. The highest BCUT2D eigenvalue weighted by Gasteiger charge is 2.22. The molecular weight excluding hydrogens is 274 g/mol. The number of carbonyl (C=O) groups excluding carboxylic acids is 2. The van der Waals surface area contributed by atoms with Crippen molar-refractivity contribution in [2.45, 2.75) is 52.0 Å². The number of amides is 2. The van der Waals surface area contributed by atoms with E-state index in [0.717, 1.165) is 6.42 Å². The van der Waals surface area contributed by atoms with E-state index in [1.807, 2.05) is 6.92 Å². The van der Waals surface area contributed by atoms with Crippen molar-refractivity contribution < 1.29 is 19.5 Å². The summed E-state index contributed by atoms with van der Waals surface area (Å²) in [6.07, 6.45) is 2.70. The molecule has 1 heterocycles. The van der Waals surface area contributed by atoms with E-state index in [-0.39, 0.29) is 23.8 Å². The van der Waals surface area contributed by atoms with Crippen LogP contribution in [0.3, 0.4) is 0 Å². The first-order valence-corrected chi connectivity index (χ1v) is 7.19. The average Bonchev–Trinajstić information content (AvgIpc) is 2.41. The van der Waals surface area contributed by atoms with Crippen LogP contribution in [-0.4, -0.2) is 46.7 Å². The van der Waals surface area contributed by atoms with Gasteiger partial charge in [0, 0.05) is 25.9 Å². The van der Waals surface area contributed by atoms with E-state index in [0.29, 0.717) is 31.4 Å². The lowest BCUT2D eigenvalue weighted by Crippen LogP contribution is -2.41. The van der Waals surface area contributed by atoms with Crippen LogP contribution in [0.15, 0.2) is 5.10 Å². The fraction of sp³-hybridized carbons (Fsp3) is 0.714. The van der Waals surface area contributed by atoms with Gasteiger partial charge in [0.2, 0.25) is 5.91 Å². The summed E-state index contributed by atoms with van der Waals surface area (Å²) in [7, 11) is 1.53. The quantitative estimate of drug-likeness (QED) is 0.732. The molecule has 2 atom stereocenters. The third kappa shape index (κ3) is 5.53. The molecule has 0 aliphatic carbocycles. The average molecular weight is 297 g/mol. The second-order valence-corrected chi connectivity index (χ2v) is 5.51. The predicted octanol–water partition coefficient (Wildman–Crippen LogP) is 0.990. The van der Waals surface area contributed by atoms with Crippen LogP contribution in [0.2, 0.25) is 0 Å². The summed E-state index contributed by atoms with van der Waals surface area (Å²) in [6, 6.07) is -0.0517. The van der Waals surface area contributed by atoms with Crippen molar-refractivity contribution in [3.05, 3.63) is 0 Å². The number of hydrazone groups is 1. The third-order valence-corrected chi connectivity index (χ3v) is 3.54. The Kier molecular flexibility index (Phi) is 6.33.